The zero-order chi connectivity index (χ0) is 34.6. The molecule has 47 heavy (non-hydrogen) atoms. The summed E-state index contributed by atoms with van der Waals surface area (Å²) in [5.74, 6) is -3.86. The monoisotopic (exact) mass is 688 g/mol. The van der Waals surface area contributed by atoms with Crippen LogP contribution in [0.4, 0.5) is 0 Å². The molecule has 1 aromatic heterocycles. The molecule has 0 saturated carbocycles. The smallest absolute Gasteiger partial charge is 0.271 e. The third kappa shape index (κ3) is 10.9. The second-order valence-corrected chi connectivity index (χ2v) is 13.4. The Hall–Kier alpha value is -4.27. The standard InChI is InChI=1S/C32H41ClN6O7S/c1-4-5-11-26-36-29(33)28(32(43)34-17-16-22-9-7-6-8-10-22)39(26)20-23-12-14-24(15-13-23)47(45,46)38-27(40)19-35-30(41)25(18-21(2)3)31(42)37-44/h6-10,12-15,21,25,44H,4-5,11,16-20H2,1-3H3,(H,34,43)(H,35,41)(H,37,42)(H,38,40). The van der Waals surface area contributed by atoms with Gasteiger partial charge in [-0.1, -0.05) is 81.3 Å². The first-order chi connectivity index (χ1) is 22.4. The lowest BCUT2D eigenvalue weighted by Gasteiger charge is -2.16. The van der Waals surface area contributed by atoms with Crippen molar-refractivity contribution < 1.29 is 32.8 Å². The molecule has 0 radical (unpaired) electrons. The van der Waals surface area contributed by atoms with Gasteiger partial charge in [-0.3, -0.25) is 24.4 Å². The Bertz CT molecular complexity index is 1640. The number of unbranched alkanes of at least 4 members (excludes halogenated alkanes) is 1. The van der Waals surface area contributed by atoms with Crippen molar-refractivity contribution >= 4 is 45.3 Å². The highest BCUT2D eigenvalue weighted by atomic mass is 35.5. The van der Waals surface area contributed by atoms with Crippen molar-refractivity contribution in [1.82, 2.24) is 30.4 Å². The van der Waals surface area contributed by atoms with Crippen LogP contribution < -0.4 is 20.8 Å². The van der Waals surface area contributed by atoms with E-state index in [1.54, 1.807) is 30.5 Å². The second kappa shape index (κ2) is 17.6. The predicted molar refractivity (Wildman–Crippen MR) is 175 cm³/mol. The molecular formula is C32H41ClN6O7S. The highest BCUT2D eigenvalue weighted by molar-refractivity contribution is 7.90. The van der Waals surface area contributed by atoms with Crippen molar-refractivity contribution in [2.24, 2.45) is 11.8 Å². The van der Waals surface area contributed by atoms with Crippen molar-refractivity contribution in [1.29, 1.82) is 0 Å². The van der Waals surface area contributed by atoms with Crippen molar-refractivity contribution in [3.63, 3.8) is 0 Å². The lowest BCUT2D eigenvalue weighted by Crippen LogP contribution is -2.45. The minimum atomic E-state index is -4.30. The van der Waals surface area contributed by atoms with E-state index in [9.17, 15) is 27.6 Å². The number of hydrogen-bond donors (Lipinski definition) is 5. The molecule has 0 aliphatic rings. The maximum Gasteiger partial charge on any atom is 0.271 e. The molecule has 4 amide bonds. The number of sulfonamides is 1. The van der Waals surface area contributed by atoms with Gasteiger partial charge in [0.05, 0.1) is 11.4 Å². The van der Waals surface area contributed by atoms with Crippen LogP contribution in [0.5, 0.6) is 0 Å². The van der Waals surface area contributed by atoms with Crippen LogP contribution in [0.3, 0.4) is 0 Å². The molecule has 3 rings (SSSR count). The largest absolute Gasteiger partial charge is 0.350 e. The number of nitrogens with one attached hydrogen (secondary N) is 4. The number of aromatic nitrogens is 2. The first-order valence-electron chi connectivity index (χ1n) is 15.3. The molecule has 0 aliphatic heterocycles. The molecule has 1 heterocycles. The predicted octanol–water partition coefficient (Wildman–Crippen LogP) is 2.99. The van der Waals surface area contributed by atoms with Crippen LogP contribution >= 0.6 is 11.6 Å². The summed E-state index contributed by atoms with van der Waals surface area (Å²) in [6.45, 7) is 5.47. The number of imidazole rings is 1. The Balaban J connectivity index is 1.69. The zero-order valence-corrected chi connectivity index (χ0v) is 28.2. The molecule has 0 fully saturated rings. The summed E-state index contributed by atoms with van der Waals surface area (Å²) in [7, 11) is -4.30. The van der Waals surface area contributed by atoms with E-state index < -0.39 is 40.2 Å². The number of nitrogens with zero attached hydrogens (tertiary/aromatic N) is 2. The molecule has 0 bridgehead atoms. The number of hydrogen-bond acceptors (Lipinski definition) is 8. The van der Waals surface area contributed by atoms with Gasteiger partial charge in [0.15, 0.2) is 5.15 Å². The van der Waals surface area contributed by atoms with E-state index in [4.69, 9.17) is 16.8 Å². The minimum Gasteiger partial charge on any atom is -0.350 e. The maximum atomic E-state index is 13.2. The number of aryl methyl sites for hydroxylation is 1. The molecule has 13 nitrogen and oxygen atoms in total. The molecule has 0 spiro atoms. The van der Waals surface area contributed by atoms with Crippen LogP contribution in [0.1, 0.15) is 67.5 Å². The van der Waals surface area contributed by atoms with E-state index in [2.05, 4.69) is 15.6 Å². The quantitative estimate of drug-likeness (QED) is 0.0813. The van der Waals surface area contributed by atoms with Crippen LogP contribution in [0.15, 0.2) is 59.5 Å². The summed E-state index contributed by atoms with van der Waals surface area (Å²) in [6.07, 6.45) is 3.06. The van der Waals surface area contributed by atoms with Gasteiger partial charge >= 0.3 is 0 Å². The van der Waals surface area contributed by atoms with Crippen LogP contribution in [0.2, 0.25) is 5.15 Å². The topological polar surface area (TPSA) is 189 Å². The van der Waals surface area contributed by atoms with Gasteiger partial charge in [-0.25, -0.2) is 23.6 Å². The average molecular weight is 689 g/mol. The van der Waals surface area contributed by atoms with Crippen molar-refractivity contribution in [2.45, 2.75) is 64.3 Å². The SMILES string of the molecule is CCCCc1nc(Cl)c(C(=O)NCCc2ccccc2)n1Cc1ccc(S(=O)(=O)NC(=O)CNC(=O)C(CC(C)C)C(=O)NO)cc1. The normalized spacial score (nSPS) is 12.0. The summed E-state index contributed by atoms with van der Waals surface area (Å²) in [4.78, 5) is 54.1. The molecule has 0 saturated heterocycles. The van der Waals surface area contributed by atoms with Crippen LogP contribution in [0.25, 0.3) is 0 Å². The third-order valence-electron chi connectivity index (χ3n) is 7.21. The summed E-state index contributed by atoms with van der Waals surface area (Å²) < 4.78 is 29.4. The first kappa shape index (κ1) is 37.2. The number of amides is 4. The Kier molecular flexibility index (Phi) is 13.9. The number of carbonyl (C=O) groups is 4. The fraction of sp³-hybridized carbons (Fsp3) is 0.406. The highest BCUT2D eigenvalue weighted by Crippen LogP contribution is 2.22. The van der Waals surface area contributed by atoms with Crippen LogP contribution in [-0.2, 0) is 43.8 Å². The van der Waals surface area contributed by atoms with Gasteiger partial charge in [-0.05, 0) is 48.4 Å². The first-order valence-corrected chi connectivity index (χ1v) is 17.2. The van der Waals surface area contributed by atoms with Gasteiger partial charge in [0.2, 0.25) is 5.91 Å². The molecule has 5 N–H and O–H groups in total. The van der Waals surface area contributed by atoms with E-state index in [-0.39, 0.29) is 40.5 Å². The number of halogens is 1. The van der Waals surface area contributed by atoms with Gasteiger partial charge in [-0.2, -0.15) is 0 Å². The number of rotatable bonds is 17. The molecule has 0 aliphatic carbocycles. The molecule has 1 unspecified atom stereocenters. The van der Waals surface area contributed by atoms with Crippen molar-refractivity contribution in [2.75, 3.05) is 13.1 Å². The van der Waals surface area contributed by atoms with Crippen molar-refractivity contribution in [3.05, 3.63) is 82.4 Å². The fourth-order valence-corrected chi connectivity index (χ4v) is 6.07. The Morgan fingerprint density at radius 3 is 2.23 bits per heavy atom. The van der Waals surface area contributed by atoms with E-state index in [0.29, 0.717) is 30.8 Å². The maximum absolute atomic E-state index is 13.2. The highest BCUT2D eigenvalue weighted by Gasteiger charge is 2.28. The van der Waals surface area contributed by atoms with Crippen LogP contribution in [-0.4, -0.2) is 59.9 Å². The molecule has 1 atom stereocenters. The van der Waals surface area contributed by atoms with Crippen molar-refractivity contribution in [3.8, 4) is 0 Å². The van der Waals surface area contributed by atoms with Gasteiger partial charge < -0.3 is 15.2 Å². The van der Waals surface area contributed by atoms with E-state index in [1.807, 2.05) is 42.0 Å². The fourth-order valence-electron chi connectivity index (χ4n) is 4.80. The van der Waals surface area contributed by atoms with Gasteiger partial charge in [0, 0.05) is 19.5 Å². The van der Waals surface area contributed by atoms with Crippen LogP contribution in [0, 0.1) is 11.8 Å². The Morgan fingerprint density at radius 1 is 0.936 bits per heavy atom. The molecule has 3 aromatic rings. The van der Waals surface area contributed by atoms with E-state index in [1.165, 1.54) is 17.6 Å². The molecular weight excluding hydrogens is 648 g/mol. The number of benzene rings is 2. The summed E-state index contributed by atoms with van der Waals surface area (Å²) in [5, 5.41) is 14.1. The number of carbonyl (C=O) groups excluding carboxylic acids is 4. The summed E-state index contributed by atoms with van der Waals surface area (Å²) in [5.41, 5.74) is 3.37. The number of hydroxylamine groups is 1. The Labute approximate surface area is 279 Å². The van der Waals surface area contributed by atoms with Gasteiger partial charge in [0.1, 0.15) is 17.4 Å². The molecule has 2 aromatic carbocycles. The lowest BCUT2D eigenvalue weighted by atomic mass is 9.95. The average Bonchev–Trinajstić information content (AvgIpc) is 3.35. The molecule has 15 heteroatoms. The van der Waals surface area contributed by atoms with E-state index in [0.717, 1.165) is 18.4 Å². The van der Waals surface area contributed by atoms with Gasteiger partial charge in [0.25, 0.3) is 27.7 Å². The van der Waals surface area contributed by atoms with E-state index >= 15 is 0 Å². The minimum absolute atomic E-state index is 0.0670. The lowest BCUT2D eigenvalue weighted by molar-refractivity contribution is -0.142. The second-order valence-electron chi connectivity index (χ2n) is 11.4. The zero-order valence-electron chi connectivity index (χ0n) is 26.6. The Morgan fingerprint density at radius 2 is 1.62 bits per heavy atom. The molecule has 254 valence electrons. The summed E-state index contributed by atoms with van der Waals surface area (Å²) >= 11 is 6.46. The summed E-state index contributed by atoms with van der Waals surface area (Å²) in [6, 6.07) is 15.5. The van der Waals surface area contributed by atoms with Gasteiger partial charge in [-0.15, -0.1) is 0 Å². The third-order valence-corrected chi connectivity index (χ3v) is 8.86.